The zero-order valence-electron chi connectivity index (χ0n) is 28.8. The van der Waals surface area contributed by atoms with E-state index in [1.54, 1.807) is 61.5 Å². The second-order valence-electron chi connectivity index (χ2n) is 9.38. The van der Waals surface area contributed by atoms with E-state index < -0.39 is 19.0 Å². The normalized spacial score (nSPS) is 21.0. The molecule has 6 rings (SSSR count). The van der Waals surface area contributed by atoms with Crippen LogP contribution >= 0.6 is 0 Å². The third-order valence-electron chi connectivity index (χ3n) is 6.57. The van der Waals surface area contributed by atoms with Gasteiger partial charge in [-0.25, -0.2) is 0 Å². The summed E-state index contributed by atoms with van der Waals surface area (Å²) in [6.45, 7) is 0.236. The van der Waals surface area contributed by atoms with Crippen LogP contribution in [0, 0.1) is 25.2 Å². The van der Waals surface area contributed by atoms with Crippen LogP contribution in [-0.2, 0) is 35.4 Å². The van der Waals surface area contributed by atoms with Gasteiger partial charge in [-0.15, -0.1) is 25.2 Å². The van der Waals surface area contributed by atoms with E-state index in [1.165, 1.54) is 29.5 Å². The van der Waals surface area contributed by atoms with Crippen LogP contribution in [0.4, 0.5) is 0 Å². The monoisotopic (exact) mass is 563 g/mol. The lowest BCUT2D eigenvalue weighted by atomic mass is 9.89. The van der Waals surface area contributed by atoms with Crippen molar-refractivity contribution in [2.45, 2.75) is 78.2 Å². The second-order valence-corrected chi connectivity index (χ2v) is 9.38. The van der Waals surface area contributed by atoms with Crippen LogP contribution < -0.4 is 0 Å². The van der Waals surface area contributed by atoms with Gasteiger partial charge in [-0.1, -0.05) is 117 Å². The molecule has 0 fully saturated rings. The molecule has 2 atom stereocenters. The Bertz CT molecular complexity index is 1560. The summed E-state index contributed by atoms with van der Waals surface area (Å²) in [7, 11) is 0. The lowest BCUT2D eigenvalue weighted by Gasteiger charge is -2.25. The first-order chi connectivity index (χ1) is 22.1. The number of hydrogen-bond acceptors (Lipinski definition) is 2. The Kier molecular flexibility index (Phi) is 12.7. The highest BCUT2D eigenvalue weighted by molar-refractivity contribution is 5.32. The first-order valence-electron chi connectivity index (χ1n) is 16.4. The van der Waals surface area contributed by atoms with Crippen LogP contribution in [0.5, 0.6) is 0 Å². The summed E-state index contributed by atoms with van der Waals surface area (Å²) in [6, 6.07) is 34.3. The van der Waals surface area contributed by atoms with E-state index >= 15 is 0 Å². The topological polar surface area (TPSA) is 18.5 Å². The van der Waals surface area contributed by atoms with Crippen molar-refractivity contribution in [2.24, 2.45) is 0 Å². The largest absolute Gasteiger partial charge is 0.369 e. The van der Waals surface area contributed by atoms with Gasteiger partial charge in [0.2, 0.25) is 0 Å². The van der Waals surface area contributed by atoms with E-state index in [4.69, 9.17) is 16.3 Å². The van der Waals surface area contributed by atoms with Crippen LogP contribution in [0.1, 0.15) is 92.5 Å². The van der Waals surface area contributed by atoms with Gasteiger partial charge in [0, 0.05) is 2.74 Å². The second kappa shape index (κ2) is 19.9. The zero-order valence-corrected chi connectivity index (χ0v) is 23.8. The fraction of sp³-hybridized carbons (Fsp3) is 0.300. The van der Waals surface area contributed by atoms with Crippen molar-refractivity contribution >= 4 is 0 Å². The predicted octanol–water partition coefficient (Wildman–Crippen LogP) is 10.1. The number of benzene rings is 4. The van der Waals surface area contributed by atoms with E-state index in [9.17, 15) is 0 Å². The first-order valence-corrected chi connectivity index (χ1v) is 13.9. The number of ether oxygens (including phenoxy) is 2. The van der Waals surface area contributed by atoms with Gasteiger partial charge in [0.15, 0.2) is 0 Å². The summed E-state index contributed by atoms with van der Waals surface area (Å²) in [6.07, 6.45) is 13.5. The molecule has 218 valence electrons. The number of aryl methyl sites for hydroxylation is 2. The van der Waals surface area contributed by atoms with Crippen molar-refractivity contribution in [3.8, 4) is 25.2 Å². The molecule has 0 bridgehead atoms. The average Bonchev–Trinajstić information content (AvgIpc) is 3.08. The van der Waals surface area contributed by atoms with Gasteiger partial charge < -0.3 is 9.47 Å². The standard InChI is InChI=1S/2C17H18O.C3H4.C2H2.CH4/c2*1-2-7-14(8-3-1)13-18-17-12-6-10-15-9-4-5-11-16(15)17;1-3-2;1-2;/h2*1-5,7-9,11,17H,6,10,12-13H2;1H,2H3;1-2H;1H4/i10D2,13D2,17D;;;;. The molecule has 0 N–H and O–H groups in total. The maximum absolute atomic E-state index is 8.66. The smallest absolute Gasteiger partial charge is 0.0832 e. The highest BCUT2D eigenvalue weighted by atomic mass is 16.5. The van der Waals surface area contributed by atoms with Crippen molar-refractivity contribution in [2.75, 3.05) is 0 Å². The molecule has 2 aliphatic rings. The third-order valence-corrected chi connectivity index (χ3v) is 6.57. The fourth-order valence-corrected chi connectivity index (χ4v) is 4.71. The Morgan fingerprint density at radius 2 is 1.31 bits per heavy atom. The first kappa shape index (κ1) is 26.8. The zero-order chi connectivity index (χ0) is 33.6. The van der Waals surface area contributed by atoms with Crippen molar-refractivity contribution in [3.63, 3.8) is 0 Å². The Balaban J connectivity index is 0.000000288. The van der Waals surface area contributed by atoms with E-state index in [0.717, 1.165) is 6.42 Å². The number of fused-ring (bicyclic) bond motifs is 2. The maximum atomic E-state index is 8.66. The van der Waals surface area contributed by atoms with E-state index in [-0.39, 0.29) is 26.4 Å². The molecule has 42 heavy (non-hydrogen) atoms. The van der Waals surface area contributed by atoms with Gasteiger partial charge in [-0.3, -0.25) is 0 Å². The van der Waals surface area contributed by atoms with Gasteiger partial charge in [-0.05, 0) is 78.8 Å². The maximum Gasteiger partial charge on any atom is 0.0832 e. The molecule has 0 heterocycles. The molecule has 0 spiro atoms. The van der Waals surface area contributed by atoms with Gasteiger partial charge in [-0.2, -0.15) is 0 Å². The van der Waals surface area contributed by atoms with Crippen molar-refractivity contribution < 1.29 is 16.3 Å². The molecule has 0 amide bonds. The van der Waals surface area contributed by atoms with Crippen LogP contribution in [0.15, 0.2) is 109 Å². The highest BCUT2D eigenvalue weighted by Crippen LogP contribution is 2.34. The summed E-state index contributed by atoms with van der Waals surface area (Å²) < 4.78 is 53.0. The number of hydrogen-bond donors (Lipinski definition) is 0. The molecule has 0 saturated heterocycles. The van der Waals surface area contributed by atoms with Crippen molar-refractivity contribution in [1.82, 2.24) is 0 Å². The Hall–Kier alpha value is -4.08. The Morgan fingerprint density at radius 1 is 0.762 bits per heavy atom. The van der Waals surface area contributed by atoms with E-state index in [2.05, 4.69) is 73.7 Å². The molecule has 2 unspecified atom stereocenters. The molecule has 0 aliphatic heterocycles. The fourth-order valence-electron chi connectivity index (χ4n) is 4.71. The quantitative estimate of drug-likeness (QED) is 0.217. The number of rotatable bonds is 6. The molecule has 2 aliphatic carbocycles. The van der Waals surface area contributed by atoms with Gasteiger partial charge in [0.25, 0.3) is 0 Å². The summed E-state index contributed by atoms with van der Waals surface area (Å²) in [5.74, 6) is 2.25. The SMILES string of the molecule is C.C#C.C#CC.[2H]C1([2H])CCC([2H])(OC([2H])([2H])c2ccccc2)c2ccccc21.c1ccc(COC2CCCc3ccccc32)cc1. The van der Waals surface area contributed by atoms with Gasteiger partial charge >= 0.3 is 0 Å². The van der Waals surface area contributed by atoms with Crippen LogP contribution in [-0.4, -0.2) is 0 Å². The van der Waals surface area contributed by atoms with E-state index in [0.29, 0.717) is 23.3 Å². The number of terminal acetylenes is 2. The Morgan fingerprint density at radius 3 is 1.98 bits per heavy atom. The predicted molar refractivity (Wildman–Crippen MR) is 178 cm³/mol. The minimum absolute atomic E-state index is 0. The molecule has 0 radical (unpaired) electrons. The van der Waals surface area contributed by atoms with Crippen LogP contribution in [0.3, 0.4) is 0 Å². The lowest BCUT2D eigenvalue weighted by Crippen LogP contribution is -2.12. The summed E-state index contributed by atoms with van der Waals surface area (Å²) in [5.41, 5.74) is 5.25. The average molecular weight is 564 g/mol. The van der Waals surface area contributed by atoms with Crippen LogP contribution in [0.25, 0.3) is 0 Å². The molecule has 2 nitrogen and oxygen atoms in total. The molecular formula is C40H46O2. The Labute approximate surface area is 262 Å². The highest BCUT2D eigenvalue weighted by Gasteiger charge is 2.21. The summed E-state index contributed by atoms with van der Waals surface area (Å²) >= 11 is 0. The third kappa shape index (κ3) is 10.7. The molecule has 2 heteroatoms. The molecule has 0 saturated carbocycles. The molecule has 4 aromatic rings. The van der Waals surface area contributed by atoms with Gasteiger partial charge in [0.1, 0.15) is 0 Å². The van der Waals surface area contributed by atoms with Crippen molar-refractivity contribution in [1.29, 1.82) is 0 Å². The minimum Gasteiger partial charge on any atom is -0.369 e. The van der Waals surface area contributed by atoms with Crippen LogP contribution in [0.2, 0.25) is 0 Å². The van der Waals surface area contributed by atoms with Crippen molar-refractivity contribution in [3.05, 3.63) is 143 Å². The molecular weight excluding hydrogens is 512 g/mol. The minimum atomic E-state index is -2.12. The van der Waals surface area contributed by atoms with E-state index in [1.807, 2.05) is 6.07 Å². The molecule has 4 aromatic carbocycles. The lowest BCUT2D eigenvalue weighted by molar-refractivity contribution is 0.0282. The molecule has 0 aromatic heterocycles. The summed E-state index contributed by atoms with van der Waals surface area (Å²) in [4.78, 5) is 0. The van der Waals surface area contributed by atoms with Gasteiger partial charge in [0.05, 0.1) is 29.5 Å². The summed E-state index contributed by atoms with van der Waals surface area (Å²) in [5, 5.41) is 0.